The monoisotopic (exact) mass is 1370 g/mol. The van der Waals surface area contributed by atoms with E-state index in [2.05, 4.69) is 33.1 Å². The van der Waals surface area contributed by atoms with Crippen LogP contribution in [0.1, 0.15) is 51.9 Å². The van der Waals surface area contributed by atoms with Gasteiger partial charge < -0.3 is 158 Å². The van der Waals surface area contributed by atoms with Crippen LogP contribution in [0.15, 0.2) is 0 Å². The van der Waals surface area contributed by atoms with Crippen molar-refractivity contribution in [2.75, 3.05) is 198 Å². The second-order valence-electron chi connectivity index (χ2n) is 22.4. The molecule has 36 nitrogen and oxygen atoms in total. The van der Waals surface area contributed by atoms with Gasteiger partial charge in [-0.05, 0) is 33.0 Å². The summed E-state index contributed by atoms with van der Waals surface area (Å²) in [5.41, 5.74) is -1.35. The van der Waals surface area contributed by atoms with E-state index in [1.54, 1.807) is 0 Å². The van der Waals surface area contributed by atoms with Crippen molar-refractivity contribution in [3.05, 3.63) is 0 Å². The van der Waals surface area contributed by atoms with Gasteiger partial charge in [-0.2, -0.15) is 0 Å². The number of carbonyl (C=O) groups is 4. The number of hydrogen-bond donors (Lipinski definition) is 16. The van der Waals surface area contributed by atoms with E-state index in [-0.39, 0.29) is 208 Å². The van der Waals surface area contributed by atoms with Crippen LogP contribution >= 0.6 is 0 Å². The molecule has 0 spiro atoms. The number of carbonyl (C=O) groups excluding carboxylic acids is 4. The average Bonchev–Trinajstić information content (AvgIpc) is 0.888. The number of hydrogen-bond acceptors (Lipinski definition) is 32. The average molecular weight is 1370 g/mol. The molecule has 0 saturated carbocycles. The third kappa shape index (κ3) is 34.5. The van der Waals surface area contributed by atoms with Gasteiger partial charge in [0.2, 0.25) is 23.6 Å². The summed E-state index contributed by atoms with van der Waals surface area (Å²) in [5.74, 6) is -1.39. The molecule has 94 heavy (non-hydrogen) atoms. The molecule has 16 N–H and O–H groups in total. The van der Waals surface area contributed by atoms with Crippen LogP contribution in [0.3, 0.4) is 0 Å². The number of nitrogens with zero attached hydrogens (tertiary/aromatic N) is 1. The molecule has 36 heteroatoms. The first-order valence-electron chi connectivity index (χ1n) is 32.1. The minimum atomic E-state index is -1.57. The Hall–Kier alpha value is -3.24. The lowest BCUT2D eigenvalue weighted by Crippen LogP contribution is -2.59. The molecule has 3 aliphatic heterocycles. The third-order valence-corrected chi connectivity index (χ3v) is 14.8. The van der Waals surface area contributed by atoms with Gasteiger partial charge in [0.15, 0.2) is 18.9 Å². The Morgan fingerprint density at radius 1 is 0.372 bits per heavy atom. The number of aliphatic hydroxyl groups is 12. The van der Waals surface area contributed by atoms with Crippen molar-refractivity contribution < 1.29 is 152 Å². The molecular weight excluding hydrogens is 1260 g/mol. The number of unbranched alkanes of at least 4 members (excludes halogenated alkanes) is 2. The van der Waals surface area contributed by atoms with E-state index in [0.29, 0.717) is 6.42 Å². The van der Waals surface area contributed by atoms with Crippen molar-refractivity contribution in [2.45, 2.75) is 150 Å². The maximum atomic E-state index is 13.7. The van der Waals surface area contributed by atoms with Crippen molar-refractivity contribution in [2.24, 2.45) is 0 Å². The van der Waals surface area contributed by atoms with Gasteiger partial charge in [0.1, 0.15) is 78.8 Å². The lowest BCUT2D eigenvalue weighted by molar-refractivity contribution is -0.302. The molecule has 3 saturated heterocycles. The van der Waals surface area contributed by atoms with Crippen LogP contribution in [-0.2, 0) is 90.2 Å². The molecule has 15 atom stereocenters. The van der Waals surface area contributed by atoms with Gasteiger partial charge in [-0.1, -0.05) is 13.3 Å². The van der Waals surface area contributed by atoms with Gasteiger partial charge >= 0.3 is 0 Å². The number of rotatable bonds is 56. The fraction of sp³-hybridized carbons (Fsp3) is 0.931. The van der Waals surface area contributed by atoms with Crippen LogP contribution in [0.25, 0.3) is 0 Å². The predicted molar refractivity (Wildman–Crippen MR) is 322 cm³/mol. The Morgan fingerprint density at radius 3 is 0.989 bits per heavy atom. The van der Waals surface area contributed by atoms with Crippen molar-refractivity contribution in [1.82, 2.24) is 26.2 Å². The quantitative estimate of drug-likeness (QED) is 0.0252. The van der Waals surface area contributed by atoms with E-state index >= 15 is 0 Å². The first kappa shape index (κ1) is 85.0. The largest absolute Gasteiger partial charge is 0.394 e. The molecule has 0 aromatic carbocycles. The highest BCUT2D eigenvalue weighted by molar-refractivity contribution is 5.77. The number of amides is 4. The summed E-state index contributed by atoms with van der Waals surface area (Å²) in [6, 6.07) is 0. The van der Waals surface area contributed by atoms with Crippen molar-refractivity contribution in [1.29, 1.82) is 0 Å². The molecule has 3 aliphatic rings. The lowest BCUT2D eigenvalue weighted by Gasteiger charge is -2.39. The normalized spacial score (nSPS) is 27.1. The first-order chi connectivity index (χ1) is 45.3. The number of aliphatic hydroxyl groups excluding tert-OH is 12. The third-order valence-electron chi connectivity index (χ3n) is 14.8. The van der Waals surface area contributed by atoms with Gasteiger partial charge in [0.25, 0.3) is 0 Å². The zero-order valence-electron chi connectivity index (χ0n) is 54.2. The van der Waals surface area contributed by atoms with E-state index in [9.17, 15) is 80.5 Å². The molecule has 0 radical (unpaired) electrons. The second-order valence-corrected chi connectivity index (χ2v) is 22.4. The van der Waals surface area contributed by atoms with Crippen LogP contribution in [0.2, 0.25) is 0 Å². The van der Waals surface area contributed by atoms with E-state index in [4.69, 9.17) is 71.1 Å². The van der Waals surface area contributed by atoms with Crippen molar-refractivity contribution >= 4 is 23.6 Å². The summed E-state index contributed by atoms with van der Waals surface area (Å²) in [6.45, 7) is 3.31. The van der Waals surface area contributed by atoms with Gasteiger partial charge in [-0.3, -0.25) is 19.2 Å². The van der Waals surface area contributed by atoms with E-state index in [1.165, 1.54) is 0 Å². The maximum Gasteiger partial charge on any atom is 0.222 e. The van der Waals surface area contributed by atoms with E-state index < -0.39 is 117 Å². The van der Waals surface area contributed by atoms with Crippen molar-refractivity contribution in [3.63, 3.8) is 0 Å². The van der Waals surface area contributed by atoms with Crippen LogP contribution in [-0.4, -0.2) is 386 Å². The van der Waals surface area contributed by atoms with Gasteiger partial charge in [0.05, 0.1) is 159 Å². The van der Waals surface area contributed by atoms with Gasteiger partial charge in [-0.25, -0.2) is 0 Å². The highest BCUT2D eigenvalue weighted by Gasteiger charge is 2.46. The molecule has 0 aromatic rings. The van der Waals surface area contributed by atoms with E-state index in [0.717, 1.165) is 25.9 Å². The summed E-state index contributed by atoms with van der Waals surface area (Å²) in [6.07, 6.45) is -18.7. The zero-order valence-corrected chi connectivity index (χ0v) is 54.2. The zero-order chi connectivity index (χ0) is 68.9. The SMILES string of the molecule is CCN(C)CCCCCC(=O)NC(COCCC(=O)NCCOCCOCCO[C@@H]1OC(CO)[C@@H](O)[C@H](O)C1O)(COCCC(=O)NCCOCCOCCO[C@@H]1OC(CO)[C@@H](O)[C@H](O)C1O)COCCC(=O)NCCOCCOCCO[C@@H]1OC(CO)[C@@H](O)[C@H](O)C1O. The van der Waals surface area contributed by atoms with Crippen LogP contribution in [0, 0.1) is 0 Å². The molecule has 0 bridgehead atoms. The lowest BCUT2D eigenvalue weighted by atomic mass is 9.99. The Bertz CT molecular complexity index is 1780. The predicted octanol–water partition coefficient (Wildman–Crippen LogP) is -8.53. The van der Waals surface area contributed by atoms with E-state index in [1.807, 2.05) is 7.05 Å². The smallest absolute Gasteiger partial charge is 0.222 e. The van der Waals surface area contributed by atoms with Crippen molar-refractivity contribution in [3.8, 4) is 0 Å². The summed E-state index contributed by atoms with van der Waals surface area (Å²) in [4.78, 5) is 54.4. The minimum absolute atomic E-state index is 0.0329. The second kappa shape index (κ2) is 51.0. The van der Waals surface area contributed by atoms with Gasteiger partial charge in [-0.15, -0.1) is 0 Å². The van der Waals surface area contributed by atoms with Crippen LogP contribution < -0.4 is 21.3 Å². The molecule has 3 fully saturated rings. The van der Waals surface area contributed by atoms with Gasteiger partial charge in [0, 0.05) is 45.3 Å². The Morgan fingerprint density at radius 2 is 0.681 bits per heavy atom. The number of ether oxygens (including phenoxy) is 15. The molecule has 3 rings (SSSR count). The minimum Gasteiger partial charge on any atom is -0.394 e. The standard InChI is InChI=1S/C58H109N5O31/c1-3-63(2)14-6-4-5-7-45(70)62-58(36-86-15-8-42(67)59-11-18-80-21-24-83-27-30-89-55-52(77)49(74)46(71)39(33-64)92-55,37-87-16-9-43(68)60-12-19-81-22-25-84-28-31-90-56-53(78)50(75)47(72)40(34-65)93-56)38-88-17-10-44(69)61-13-20-82-23-26-85-29-32-91-57-54(79)51(76)48(73)41(35-66)94-57/h39-41,46-57,64-66,71-79H,3-38H2,1-2H3,(H,59,67)(H,60,68)(H,61,69)(H,62,70)/t39?,40?,41?,46-,47-,48-,49+,50+,51+,52?,53?,54?,55-,56-,57-,58?/m1/s1. The Balaban J connectivity index is 1.46. The summed E-state index contributed by atoms with van der Waals surface area (Å²) < 4.78 is 83.1. The summed E-state index contributed by atoms with van der Waals surface area (Å²) >= 11 is 0. The number of nitrogens with one attached hydrogen (secondary N) is 4. The molecule has 6 unspecified atom stereocenters. The molecule has 0 aromatic heterocycles. The molecule has 3 heterocycles. The Kier molecular flexibility index (Phi) is 46.1. The topological polar surface area (TPSA) is 501 Å². The highest BCUT2D eigenvalue weighted by atomic mass is 16.7. The van der Waals surface area contributed by atoms with Crippen LogP contribution in [0.5, 0.6) is 0 Å². The fourth-order valence-corrected chi connectivity index (χ4v) is 9.19. The summed E-state index contributed by atoms with van der Waals surface area (Å²) in [5, 5.41) is 129. The first-order valence-corrected chi connectivity index (χ1v) is 32.1. The molecule has 0 aliphatic carbocycles. The fourth-order valence-electron chi connectivity index (χ4n) is 9.19. The van der Waals surface area contributed by atoms with Crippen LogP contribution in [0.4, 0.5) is 0 Å². The molecule has 552 valence electrons. The molecule has 4 amide bonds. The Labute approximate surface area is 547 Å². The maximum absolute atomic E-state index is 13.7. The molecular formula is C58H109N5O31. The highest BCUT2D eigenvalue weighted by Crippen LogP contribution is 2.24. The summed E-state index contributed by atoms with van der Waals surface area (Å²) in [7, 11) is 2.01.